The van der Waals surface area contributed by atoms with Crippen LogP contribution in [0.2, 0.25) is 0 Å². The summed E-state index contributed by atoms with van der Waals surface area (Å²) in [6, 6.07) is 33.4. The van der Waals surface area contributed by atoms with Gasteiger partial charge in [0.2, 0.25) is 11.8 Å². The van der Waals surface area contributed by atoms with E-state index >= 15 is 0 Å². The molecule has 4 aromatic carbocycles. The van der Waals surface area contributed by atoms with E-state index in [-0.39, 0.29) is 35.7 Å². The number of carbonyl (C=O) groups is 2. The van der Waals surface area contributed by atoms with Crippen LogP contribution in [-0.2, 0) is 32.6 Å². The van der Waals surface area contributed by atoms with E-state index in [4.69, 9.17) is 0 Å². The molecule has 236 valence electrons. The van der Waals surface area contributed by atoms with Crippen LogP contribution >= 0.6 is 0 Å². The Morgan fingerprint density at radius 3 is 1.80 bits per heavy atom. The van der Waals surface area contributed by atoms with Crippen molar-refractivity contribution < 1.29 is 18.0 Å². The predicted molar refractivity (Wildman–Crippen MR) is 180 cm³/mol. The molecule has 4 rings (SSSR count). The first-order chi connectivity index (χ1) is 21.6. The van der Waals surface area contributed by atoms with Gasteiger partial charge in [-0.05, 0) is 60.2 Å². The summed E-state index contributed by atoms with van der Waals surface area (Å²) in [5.41, 5.74) is 3.15. The van der Waals surface area contributed by atoms with Crippen molar-refractivity contribution >= 4 is 27.5 Å². The van der Waals surface area contributed by atoms with E-state index in [0.717, 1.165) is 27.4 Å². The molecule has 45 heavy (non-hydrogen) atoms. The van der Waals surface area contributed by atoms with Crippen molar-refractivity contribution in [3.63, 3.8) is 0 Å². The summed E-state index contributed by atoms with van der Waals surface area (Å²) in [4.78, 5) is 30.0. The third kappa shape index (κ3) is 8.82. The normalized spacial score (nSPS) is 12.7. The fourth-order valence-corrected chi connectivity index (χ4v) is 6.48. The van der Waals surface area contributed by atoms with Gasteiger partial charge in [-0.15, -0.1) is 0 Å². The molecule has 0 aliphatic rings. The van der Waals surface area contributed by atoms with E-state index < -0.39 is 28.5 Å². The second-order valence-electron chi connectivity index (χ2n) is 11.6. The fourth-order valence-electron chi connectivity index (χ4n) is 5.05. The summed E-state index contributed by atoms with van der Waals surface area (Å²) >= 11 is 0. The highest BCUT2D eigenvalue weighted by molar-refractivity contribution is 7.92. The standard InChI is InChI=1S/C37H43N3O4S/c1-5-29(4)38-37(42)35(25-30-15-9-6-10-16-30)39(26-31-17-11-7-12-18-31)36(41)27-40(33-23-21-32(22-24-33)28(2)3)45(43,44)34-19-13-8-14-20-34/h6-24,28-29,35H,5,25-27H2,1-4H3,(H,38,42). The van der Waals surface area contributed by atoms with Gasteiger partial charge < -0.3 is 10.2 Å². The molecular weight excluding hydrogens is 582 g/mol. The zero-order chi connectivity index (χ0) is 32.4. The zero-order valence-corrected chi connectivity index (χ0v) is 27.3. The molecule has 0 saturated heterocycles. The molecule has 0 aliphatic heterocycles. The largest absolute Gasteiger partial charge is 0.352 e. The molecule has 2 unspecified atom stereocenters. The first-order valence-electron chi connectivity index (χ1n) is 15.5. The summed E-state index contributed by atoms with van der Waals surface area (Å²) in [7, 11) is -4.13. The number of sulfonamides is 1. The lowest BCUT2D eigenvalue weighted by Gasteiger charge is -2.34. The maximum Gasteiger partial charge on any atom is 0.264 e. The first-order valence-corrected chi connectivity index (χ1v) is 16.9. The number of rotatable bonds is 14. The van der Waals surface area contributed by atoms with Crippen LogP contribution in [0, 0.1) is 0 Å². The Balaban J connectivity index is 1.79. The van der Waals surface area contributed by atoms with E-state index in [1.54, 1.807) is 30.3 Å². The minimum atomic E-state index is -4.13. The number of hydrogen-bond acceptors (Lipinski definition) is 4. The molecular formula is C37H43N3O4S. The van der Waals surface area contributed by atoms with Crippen LogP contribution in [0.4, 0.5) is 5.69 Å². The van der Waals surface area contributed by atoms with E-state index in [2.05, 4.69) is 19.2 Å². The zero-order valence-electron chi connectivity index (χ0n) is 26.5. The number of hydrogen-bond donors (Lipinski definition) is 1. The molecule has 0 aromatic heterocycles. The Morgan fingerprint density at radius 2 is 1.27 bits per heavy atom. The molecule has 0 saturated carbocycles. The van der Waals surface area contributed by atoms with Gasteiger partial charge in [-0.25, -0.2) is 8.42 Å². The summed E-state index contributed by atoms with van der Waals surface area (Å²) in [5.74, 6) is -0.508. The van der Waals surface area contributed by atoms with Gasteiger partial charge in [0.15, 0.2) is 0 Å². The number of amides is 2. The minimum absolute atomic E-state index is 0.0793. The van der Waals surface area contributed by atoms with Crippen LogP contribution in [0.1, 0.15) is 56.7 Å². The lowest BCUT2D eigenvalue weighted by Crippen LogP contribution is -2.54. The molecule has 0 radical (unpaired) electrons. The molecule has 0 bridgehead atoms. The van der Waals surface area contributed by atoms with Crippen LogP contribution in [0.5, 0.6) is 0 Å². The highest BCUT2D eigenvalue weighted by atomic mass is 32.2. The monoisotopic (exact) mass is 625 g/mol. The first kappa shape index (κ1) is 33.5. The molecule has 2 amide bonds. The third-order valence-electron chi connectivity index (χ3n) is 7.93. The van der Waals surface area contributed by atoms with Crippen molar-refractivity contribution in [2.45, 2.75) is 70.0 Å². The van der Waals surface area contributed by atoms with Gasteiger partial charge in [0.1, 0.15) is 12.6 Å². The number of carbonyl (C=O) groups excluding carboxylic acids is 2. The van der Waals surface area contributed by atoms with E-state index in [1.807, 2.05) is 86.6 Å². The number of nitrogens with zero attached hydrogens (tertiary/aromatic N) is 2. The van der Waals surface area contributed by atoms with Crippen LogP contribution in [0.15, 0.2) is 120 Å². The average molecular weight is 626 g/mol. The molecule has 1 N–H and O–H groups in total. The van der Waals surface area contributed by atoms with Gasteiger partial charge in [0, 0.05) is 19.0 Å². The summed E-state index contributed by atoms with van der Waals surface area (Å²) in [5, 5.41) is 3.06. The van der Waals surface area contributed by atoms with Gasteiger partial charge in [0.05, 0.1) is 10.6 Å². The fraction of sp³-hybridized carbons (Fsp3) is 0.297. The molecule has 0 spiro atoms. The quantitative estimate of drug-likeness (QED) is 0.172. The highest BCUT2D eigenvalue weighted by Gasteiger charge is 2.35. The molecule has 4 aromatic rings. The van der Waals surface area contributed by atoms with Crippen molar-refractivity contribution in [3.8, 4) is 0 Å². The van der Waals surface area contributed by atoms with E-state index in [1.165, 1.54) is 17.0 Å². The highest BCUT2D eigenvalue weighted by Crippen LogP contribution is 2.27. The van der Waals surface area contributed by atoms with E-state index in [9.17, 15) is 18.0 Å². The Labute approximate surface area is 268 Å². The van der Waals surface area contributed by atoms with Gasteiger partial charge in [-0.2, -0.15) is 0 Å². The maximum absolute atomic E-state index is 14.5. The van der Waals surface area contributed by atoms with E-state index in [0.29, 0.717) is 5.69 Å². The number of nitrogens with one attached hydrogen (secondary N) is 1. The lowest BCUT2D eigenvalue weighted by molar-refractivity contribution is -0.140. The summed E-state index contributed by atoms with van der Waals surface area (Å²) < 4.78 is 29.4. The molecule has 0 heterocycles. The van der Waals surface area contributed by atoms with Crippen molar-refractivity contribution in [3.05, 3.63) is 132 Å². The van der Waals surface area contributed by atoms with Crippen LogP contribution in [0.3, 0.4) is 0 Å². The van der Waals surface area contributed by atoms with Gasteiger partial charge >= 0.3 is 0 Å². The minimum Gasteiger partial charge on any atom is -0.352 e. The number of benzene rings is 4. The second-order valence-corrected chi connectivity index (χ2v) is 13.5. The Kier molecular flexibility index (Phi) is 11.5. The summed E-state index contributed by atoms with van der Waals surface area (Å²) in [6.45, 7) is 7.70. The van der Waals surface area contributed by atoms with Crippen molar-refractivity contribution in [2.24, 2.45) is 0 Å². The molecule has 0 aliphatic carbocycles. The average Bonchev–Trinajstić information content (AvgIpc) is 3.06. The molecule has 8 heteroatoms. The van der Waals surface area contributed by atoms with Crippen LogP contribution < -0.4 is 9.62 Å². The third-order valence-corrected chi connectivity index (χ3v) is 9.71. The Morgan fingerprint density at radius 1 is 0.733 bits per heavy atom. The Bertz CT molecular complexity index is 1630. The Hall–Kier alpha value is -4.43. The van der Waals surface area contributed by atoms with Gasteiger partial charge in [-0.1, -0.05) is 112 Å². The van der Waals surface area contributed by atoms with Gasteiger partial charge in [0.25, 0.3) is 10.0 Å². The topological polar surface area (TPSA) is 86.8 Å². The predicted octanol–water partition coefficient (Wildman–Crippen LogP) is 6.56. The van der Waals surface area contributed by atoms with Gasteiger partial charge in [-0.3, -0.25) is 13.9 Å². The van der Waals surface area contributed by atoms with Crippen LogP contribution in [0.25, 0.3) is 0 Å². The van der Waals surface area contributed by atoms with Crippen LogP contribution in [-0.4, -0.2) is 43.8 Å². The SMILES string of the molecule is CCC(C)NC(=O)C(Cc1ccccc1)N(Cc1ccccc1)C(=O)CN(c1ccc(C(C)C)cc1)S(=O)(=O)c1ccccc1. The molecule has 2 atom stereocenters. The maximum atomic E-state index is 14.5. The van der Waals surface area contributed by atoms with Crippen molar-refractivity contribution in [1.29, 1.82) is 0 Å². The van der Waals surface area contributed by atoms with Crippen molar-refractivity contribution in [1.82, 2.24) is 10.2 Å². The smallest absolute Gasteiger partial charge is 0.264 e. The number of anilines is 1. The summed E-state index contributed by atoms with van der Waals surface area (Å²) in [6.07, 6.45) is 1.00. The van der Waals surface area contributed by atoms with Crippen molar-refractivity contribution in [2.75, 3.05) is 10.8 Å². The second kappa shape index (κ2) is 15.5. The molecule has 7 nitrogen and oxygen atoms in total. The lowest BCUT2D eigenvalue weighted by atomic mass is 10.0. The molecule has 0 fully saturated rings.